The standard InChI is InChI=1S/C20H21N3O2/c1-15-8-10-18(11-9-15)25-14-20(24)21-19-12-16(2)22-23(19)13-17-6-4-3-5-7-17/h3-12H,13-14H2,1-2H3,(H,21,24). The number of aromatic nitrogens is 2. The van der Waals surface area contributed by atoms with Gasteiger partial charge in [0.1, 0.15) is 11.6 Å². The van der Waals surface area contributed by atoms with Crippen molar-refractivity contribution < 1.29 is 9.53 Å². The lowest BCUT2D eigenvalue weighted by Crippen LogP contribution is -2.22. The lowest BCUT2D eigenvalue weighted by molar-refractivity contribution is -0.118. The number of ether oxygens (including phenoxy) is 1. The monoisotopic (exact) mass is 335 g/mol. The average molecular weight is 335 g/mol. The third-order valence-electron chi connectivity index (χ3n) is 3.74. The largest absolute Gasteiger partial charge is 0.484 e. The zero-order chi connectivity index (χ0) is 17.6. The Balaban J connectivity index is 1.62. The van der Waals surface area contributed by atoms with Crippen LogP contribution in [0, 0.1) is 13.8 Å². The number of benzene rings is 2. The molecule has 0 unspecified atom stereocenters. The second kappa shape index (κ2) is 7.66. The van der Waals surface area contributed by atoms with Crippen molar-refractivity contribution in [2.75, 3.05) is 11.9 Å². The second-order valence-electron chi connectivity index (χ2n) is 5.96. The molecule has 1 amide bonds. The first-order valence-corrected chi connectivity index (χ1v) is 8.18. The van der Waals surface area contributed by atoms with Gasteiger partial charge >= 0.3 is 0 Å². The lowest BCUT2D eigenvalue weighted by Gasteiger charge is -2.10. The number of carbonyl (C=O) groups excluding carboxylic acids is 1. The first-order valence-electron chi connectivity index (χ1n) is 8.18. The first-order chi connectivity index (χ1) is 12.1. The summed E-state index contributed by atoms with van der Waals surface area (Å²) in [6, 6.07) is 19.5. The molecule has 0 fully saturated rings. The van der Waals surface area contributed by atoms with Gasteiger partial charge in [-0.2, -0.15) is 5.10 Å². The summed E-state index contributed by atoms with van der Waals surface area (Å²) in [5.41, 5.74) is 3.12. The predicted octanol–water partition coefficient (Wildman–Crippen LogP) is 3.57. The second-order valence-corrected chi connectivity index (χ2v) is 5.96. The Morgan fingerprint density at radius 3 is 2.52 bits per heavy atom. The molecule has 5 heteroatoms. The van der Waals surface area contributed by atoms with Crippen LogP contribution in [-0.4, -0.2) is 22.3 Å². The number of hydrogen-bond acceptors (Lipinski definition) is 3. The molecule has 0 aliphatic heterocycles. The number of nitrogens with one attached hydrogen (secondary N) is 1. The van der Waals surface area contributed by atoms with Crippen LogP contribution in [0.4, 0.5) is 5.82 Å². The summed E-state index contributed by atoms with van der Waals surface area (Å²) in [4.78, 5) is 12.2. The maximum Gasteiger partial charge on any atom is 0.263 e. The summed E-state index contributed by atoms with van der Waals surface area (Å²) >= 11 is 0. The Morgan fingerprint density at radius 2 is 1.80 bits per heavy atom. The van der Waals surface area contributed by atoms with E-state index in [1.165, 1.54) is 0 Å². The Hall–Kier alpha value is -3.08. The highest BCUT2D eigenvalue weighted by Gasteiger charge is 2.10. The number of aryl methyl sites for hydroxylation is 2. The van der Waals surface area contributed by atoms with Gasteiger partial charge in [-0.05, 0) is 31.5 Å². The van der Waals surface area contributed by atoms with Crippen LogP contribution in [0.5, 0.6) is 5.75 Å². The minimum Gasteiger partial charge on any atom is -0.484 e. The predicted molar refractivity (Wildman–Crippen MR) is 97.8 cm³/mol. The summed E-state index contributed by atoms with van der Waals surface area (Å²) < 4.78 is 7.30. The summed E-state index contributed by atoms with van der Waals surface area (Å²) in [6.07, 6.45) is 0. The van der Waals surface area contributed by atoms with Crippen LogP contribution >= 0.6 is 0 Å². The molecule has 0 atom stereocenters. The molecule has 3 rings (SSSR count). The molecule has 0 aliphatic rings. The molecule has 0 bridgehead atoms. The highest BCUT2D eigenvalue weighted by molar-refractivity contribution is 5.91. The van der Waals surface area contributed by atoms with Crippen molar-refractivity contribution in [1.82, 2.24) is 9.78 Å². The summed E-state index contributed by atoms with van der Waals surface area (Å²) in [5, 5.41) is 7.32. The Morgan fingerprint density at radius 1 is 1.08 bits per heavy atom. The molecule has 1 N–H and O–H groups in total. The lowest BCUT2D eigenvalue weighted by atomic mass is 10.2. The van der Waals surface area contributed by atoms with Gasteiger partial charge < -0.3 is 10.1 Å². The fourth-order valence-corrected chi connectivity index (χ4v) is 2.49. The van der Waals surface area contributed by atoms with Crippen molar-refractivity contribution in [3.05, 3.63) is 77.5 Å². The Bertz CT molecular complexity index is 839. The van der Waals surface area contributed by atoms with E-state index in [1.807, 2.05) is 74.5 Å². The third-order valence-corrected chi connectivity index (χ3v) is 3.74. The molecule has 0 saturated carbocycles. The van der Waals surface area contributed by atoms with Crippen molar-refractivity contribution in [2.24, 2.45) is 0 Å². The molecular formula is C20H21N3O2. The molecule has 2 aromatic carbocycles. The molecule has 0 saturated heterocycles. The van der Waals surface area contributed by atoms with Gasteiger partial charge in [-0.1, -0.05) is 48.0 Å². The quantitative estimate of drug-likeness (QED) is 0.749. The van der Waals surface area contributed by atoms with E-state index in [0.717, 1.165) is 16.8 Å². The number of nitrogens with zero attached hydrogens (tertiary/aromatic N) is 2. The molecule has 0 aliphatic carbocycles. The smallest absolute Gasteiger partial charge is 0.263 e. The van der Waals surface area contributed by atoms with Crippen LogP contribution in [0.1, 0.15) is 16.8 Å². The van der Waals surface area contributed by atoms with Gasteiger partial charge in [0.25, 0.3) is 5.91 Å². The summed E-state index contributed by atoms with van der Waals surface area (Å²) in [6.45, 7) is 4.47. The van der Waals surface area contributed by atoms with Crippen molar-refractivity contribution in [1.29, 1.82) is 0 Å². The topological polar surface area (TPSA) is 56.1 Å². The van der Waals surface area contributed by atoms with Crippen LogP contribution < -0.4 is 10.1 Å². The fraction of sp³-hybridized carbons (Fsp3) is 0.200. The molecule has 1 heterocycles. The van der Waals surface area contributed by atoms with Crippen LogP contribution in [0.2, 0.25) is 0 Å². The normalized spacial score (nSPS) is 10.5. The van der Waals surface area contributed by atoms with E-state index in [9.17, 15) is 4.79 Å². The van der Waals surface area contributed by atoms with Crippen molar-refractivity contribution in [3.63, 3.8) is 0 Å². The number of hydrogen-bond donors (Lipinski definition) is 1. The maximum atomic E-state index is 12.2. The van der Waals surface area contributed by atoms with E-state index in [1.54, 1.807) is 4.68 Å². The minimum atomic E-state index is -0.213. The van der Waals surface area contributed by atoms with Gasteiger partial charge in [-0.15, -0.1) is 0 Å². The molecule has 5 nitrogen and oxygen atoms in total. The third kappa shape index (κ3) is 4.70. The Labute approximate surface area is 147 Å². The van der Waals surface area contributed by atoms with Gasteiger partial charge in [0, 0.05) is 6.07 Å². The van der Waals surface area contributed by atoms with E-state index in [0.29, 0.717) is 18.1 Å². The van der Waals surface area contributed by atoms with E-state index < -0.39 is 0 Å². The van der Waals surface area contributed by atoms with E-state index in [2.05, 4.69) is 10.4 Å². The minimum absolute atomic E-state index is 0.0430. The number of carbonyl (C=O) groups is 1. The van der Waals surface area contributed by atoms with Gasteiger partial charge in [-0.3, -0.25) is 4.79 Å². The number of amides is 1. The molecule has 0 spiro atoms. The fourth-order valence-electron chi connectivity index (χ4n) is 2.49. The van der Waals surface area contributed by atoms with Crippen molar-refractivity contribution in [2.45, 2.75) is 20.4 Å². The van der Waals surface area contributed by atoms with Gasteiger partial charge in [0.05, 0.1) is 12.2 Å². The first kappa shape index (κ1) is 16.8. The SMILES string of the molecule is Cc1ccc(OCC(=O)Nc2cc(C)nn2Cc2ccccc2)cc1. The van der Waals surface area contributed by atoms with Crippen molar-refractivity contribution >= 4 is 11.7 Å². The number of anilines is 1. The van der Waals surface area contributed by atoms with E-state index in [4.69, 9.17) is 4.74 Å². The van der Waals surface area contributed by atoms with Crippen LogP contribution in [0.3, 0.4) is 0 Å². The highest BCUT2D eigenvalue weighted by Crippen LogP contribution is 2.14. The molecule has 128 valence electrons. The average Bonchev–Trinajstić information content (AvgIpc) is 2.94. The number of rotatable bonds is 6. The molecule has 0 radical (unpaired) electrons. The highest BCUT2D eigenvalue weighted by atomic mass is 16.5. The molecule has 3 aromatic rings. The van der Waals surface area contributed by atoms with E-state index in [-0.39, 0.29) is 12.5 Å². The van der Waals surface area contributed by atoms with Crippen LogP contribution in [0.15, 0.2) is 60.7 Å². The summed E-state index contributed by atoms with van der Waals surface area (Å²) in [7, 11) is 0. The van der Waals surface area contributed by atoms with Gasteiger partial charge in [0.15, 0.2) is 6.61 Å². The van der Waals surface area contributed by atoms with Gasteiger partial charge in [0.2, 0.25) is 0 Å². The Kier molecular flexibility index (Phi) is 5.14. The van der Waals surface area contributed by atoms with Crippen LogP contribution in [-0.2, 0) is 11.3 Å². The summed E-state index contributed by atoms with van der Waals surface area (Å²) in [5.74, 6) is 1.13. The van der Waals surface area contributed by atoms with E-state index >= 15 is 0 Å². The zero-order valence-electron chi connectivity index (χ0n) is 14.4. The molecule has 1 aromatic heterocycles. The molecular weight excluding hydrogens is 314 g/mol. The maximum absolute atomic E-state index is 12.2. The van der Waals surface area contributed by atoms with Crippen molar-refractivity contribution in [3.8, 4) is 5.75 Å². The van der Waals surface area contributed by atoms with Gasteiger partial charge in [-0.25, -0.2) is 4.68 Å². The zero-order valence-corrected chi connectivity index (χ0v) is 14.4. The van der Waals surface area contributed by atoms with Crippen LogP contribution in [0.25, 0.3) is 0 Å². The molecule has 25 heavy (non-hydrogen) atoms.